The van der Waals surface area contributed by atoms with E-state index in [1.807, 2.05) is 6.92 Å². The maximum absolute atomic E-state index is 12.1. The van der Waals surface area contributed by atoms with Gasteiger partial charge in [0.15, 0.2) is 0 Å². The van der Waals surface area contributed by atoms with E-state index in [-0.39, 0.29) is 18.0 Å². The zero-order valence-electron chi connectivity index (χ0n) is 15.2. The molecular formula is C20H30O4. The lowest BCUT2D eigenvalue weighted by Crippen LogP contribution is -2.17. The highest BCUT2D eigenvalue weighted by Gasteiger charge is 2.15. The Hall–Kier alpha value is -1.84. The van der Waals surface area contributed by atoms with Crippen molar-refractivity contribution in [1.82, 2.24) is 0 Å². The SMILES string of the molecule is CCCCCCOC(=O)c1ccc(C(=O)OC(CC)CCC)cc1. The molecule has 0 saturated carbocycles. The van der Waals surface area contributed by atoms with Crippen LogP contribution in [0.3, 0.4) is 0 Å². The van der Waals surface area contributed by atoms with Gasteiger partial charge in [0.1, 0.15) is 6.10 Å². The van der Waals surface area contributed by atoms with E-state index in [9.17, 15) is 9.59 Å². The molecule has 0 aromatic heterocycles. The summed E-state index contributed by atoms with van der Waals surface area (Å²) >= 11 is 0. The lowest BCUT2D eigenvalue weighted by Gasteiger charge is -2.15. The van der Waals surface area contributed by atoms with Gasteiger partial charge in [-0.2, -0.15) is 0 Å². The summed E-state index contributed by atoms with van der Waals surface area (Å²) in [6.45, 7) is 6.66. The monoisotopic (exact) mass is 334 g/mol. The predicted molar refractivity (Wildman–Crippen MR) is 95.3 cm³/mol. The van der Waals surface area contributed by atoms with Crippen molar-refractivity contribution < 1.29 is 19.1 Å². The average molecular weight is 334 g/mol. The molecule has 134 valence electrons. The summed E-state index contributed by atoms with van der Waals surface area (Å²) in [6.07, 6.45) is 6.88. The maximum atomic E-state index is 12.1. The van der Waals surface area contributed by atoms with Crippen molar-refractivity contribution in [3.05, 3.63) is 35.4 Å². The van der Waals surface area contributed by atoms with Crippen molar-refractivity contribution >= 4 is 11.9 Å². The third-order valence-electron chi connectivity index (χ3n) is 3.93. The zero-order valence-corrected chi connectivity index (χ0v) is 15.2. The molecule has 4 nitrogen and oxygen atoms in total. The van der Waals surface area contributed by atoms with Crippen LogP contribution in [0, 0.1) is 0 Å². The molecule has 1 atom stereocenters. The highest BCUT2D eigenvalue weighted by molar-refractivity contribution is 5.93. The van der Waals surface area contributed by atoms with Gasteiger partial charge in [-0.1, -0.05) is 46.5 Å². The highest BCUT2D eigenvalue weighted by Crippen LogP contribution is 2.12. The summed E-state index contributed by atoms with van der Waals surface area (Å²) in [6, 6.07) is 6.47. The molecule has 1 unspecified atom stereocenters. The minimum Gasteiger partial charge on any atom is -0.462 e. The quantitative estimate of drug-likeness (QED) is 0.414. The molecule has 0 N–H and O–H groups in total. The van der Waals surface area contributed by atoms with E-state index in [1.54, 1.807) is 24.3 Å². The summed E-state index contributed by atoms with van der Waals surface area (Å²) in [7, 11) is 0. The van der Waals surface area contributed by atoms with Crippen LogP contribution < -0.4 is 0 Å². The van der Waals surface area contributed by atoms with Crippen LogP contribution >= 0.6 is 0 Å². The Morgan fingerprint density at radius 3 is 2.04 bits per heavy atom. The summed E-state index contributed by atoms with van der Waals surface area (Å²) in [5, 5.41) is 0. The van der Waals surface area contributed by atoms with E-state index in [1.165, 1.54) is 0 Å². The van der Waals surface area contributed by atoms with E-state index >= 15 is 0 Å². The molecule has 24 heavy (non-hydrogen) atoms. The van der Waals surface area contributed by atoms with E-state index in [0.29, 0.717) is 17.7 Å². The first kappa shape index (κ1) is 20.2. The van der Waals surface area contributed by atoms with Gasteiger partial charge in [-0.3, -0.25) is 0 Å². The standard InChI is InChI=1S/C20H30O4/c1-4-7-8-9-15-23-19(21)16-11-13-17(14-12-16)20(22)24-18(6-3)10-5-2/h11-14,18H,4-10,15H2,1-3H3. The summed E-state index contributed by atoms with van der Waals surface area (Å²) < 4.78 is 10.7. The van der Waals surface area contributed by atoms with E-state index in [4.69, 9.17) is 9.47 Å². The Kier molecular flexibility index (Phi) is 9.81. The number of hydrogen-bond acceptors (Lipinski definition) is 4. The van der Waals surface area contributed by atoms with Crippen LogP contribution in [0.25, 0.3) is 0 Å². The summed E-state index contributed by atoms with van der Waals surface area (Å²) in [5.74, 6) is -0.682. The number of rotatable bonds is 11. The van der Waals surface area contributed by atoms with Crippen molar-refractivity contribution in [1.29, 1.82) is 0 Å². The Balaban J connectivity index is 2.49. The third-order valence-corrected chi connectivity index (χ3v) is 3.93. The first-order valence-electron chi connectivity index (χ1n) is 9.10. The van der Waals surface area contributed by atoms with Crippen LogP contribution in [0.1, 0.15) is 86.4 Å². The van der Waals surface area contributed by atoms with Crippen LogP contribution in [0.2, 0.25) is 0 Å². The van der Waals surface area contributed by atoms with Gasteiger partial charge in [-0.25, -0.2) is 9.59 Å². The largest absolute Gasteiger partial charge is 0.462 e. The van der Waals surface area contributed by atoms with E-state index < -0.39 is 0 Å². The molecule has 0 amide bonds. The average Bonchev–Trinajstić information content (AvgIpc) is 2.61. The molecule has 0 radical (unpaired) electrons. The van der Waals surface area contributed by atoms with Gasteiger partial charge in [-0.15, -0.1) is 0 Å². The van der Waals surface area contributed by atoms with Crippen molar-refractivity contribution in [2.24, 2.45) is 0 Å². The van der Waals surface area contributed by atoms with Crippen LogP contribution in [0.15, 0.2) is 24.3 Å². The number of carbonyl (C=O) groups excluding carboxylic acids is 2. The number of ether oxygens (including phenoxy) is 2. The fraction of sp³-hybridized carbons (Fsp3) is 0.600. The zero-order chi connectivity index (χ0) is 17.8. The summed E-state index contributed by atoms with van der Waals surface area (Å²) in [4.78, 5) is 24.0. The number of benzene rings is 1. The molecule has 0 aliphatic rings. The molecule has 0 spiro atoms. The Bertz CT molecular complexity index is 493. The summed E-state index contributed by atoms with van der Waals surface area (Å²) in [5.41, 5.74) is 0.923. The number of esters is 2. The second kappa shape index (κ2) is 11.7. The van der Waals surface area contributed by atoms with Gasteiger partial charge in [-0.05, 0) is 43.5 Å². The van der Waals surface area contributed by atoms with Crippen LogP contribution in [0.5, 0.6) is 0 Å². The van der Waals surface area contributed by atoms with Crippen LogP contribution in [0.4, 0.5) is 0 Å². The third kappa shape index (κ3) is 7.16. The second-order valence-corrected chi connectivity index (χ2v) is 6.00. The van der Waals surface area contributed by atoms with Crippen molar-refractivity contribution in [3.63, 3.8) is 0 Å². The lowest BCUT2D eigenvalue weighted by atomic mass is 10.1. The minimum absolute atomic E-state index is 0.0461. The number of carbonyl (C=O) groups is 2. The van der Waals surface area contributed by atoms with Gasteiger partial charge < -0.3 is 9.47 Å². The molecule has 0 aliphatic carbocycles. The molecule has 4 heteroatoms. The van der Waals surface area contributed by atoms with Gasteiger partial charge in [0, 0.05) is 0 Å². The lowest BCUT2D eigenvalue weighted by molar-refractivity contribution is 0.0270. The fourth-order valence-corrected chi connectivity index (χ4v) is 2.41. The molecule has 1 rings (SSSR count). The van der Waals surface area contributed by atoms with Crippen LogP contribution in [-0.2, 0) is 9.47 Å². The van der Waals surface area contributed by atoms with Gasteiger partial charge in [0.25, 0.3) is 0 Å². The first-order chi connectivity index (χ1) is 11.6. The predicted octanol–water partition coefficient (Wildman–Crippen LogP) is 5.16. The van der Waals surface area contributed by atoms with Gasteiger partial charge in [0.2, 0.25) is 0 Å². The topological polar surface area (TPSA) is 52.6 Å². The van der Waals surface area contributed by atoms with Crippen molar-refractivity contribution in [2.75, 3.05) is 6.61 Å². The minimum atomic E-state index is -0.344. The normalized spacial score (nSPS) is 11.8. The highest BCUT2D eigenvalue weighted by atomic mass is 16.5. The van der Waals surface area contributed by atoms with E-state index in [0.717, 1.165) is 44.9 Å². The fourth-order valence-electron chi connectivity index (χ4n) is 2.41. The molecule has 0 fully saturated rings. The second-order valence-electron chi connectivity index (χ2n) is 6.00. The molecular weight excluding hydrogens is 304 g/mol. The van der Waals surface area contributed by atoms with Crippen LogP contribution in [-0.4, -0.2) is 24.6 Å². The molecule has 0 heterocycles. The Morgan fingerprint density at radius 1 is 0.875 bits per heavy atom. The molecule has 0 saturated heterocycles. The van der Waals surface area contributed by atoms with E-state index in [2.05, 4.69) is 13.8 Å². The van der Waals surface area contributed by atoms with Gasteiger partial charge in [0.05, 0.1) is 17.7 Å². The van der Waals surface area contributed by atoms with Gasteiger partial charge >= 0.3 is 11.9 Å². The molecule has 0 aliphatic heterocycles. The Morgan fingerprint density at radius 2 is 1.50 bits per heavy atom. The molecule has 1 aromatic carbocycles. The molecule has 1 aromatic rings. The molecule has 0 bridgehead atoms. The first-order valence-corrected chi connectivity index (χ1v) is 9.10. The Labute approximate surface area is 145 Å². The number of hydrogen-bond donors (Lipinski definition) is 0. The number of unbranched alkanes of at least 4 members (excludes halogenated alkanes) is 3. The van der Waals surface area contributed by atoms with Crippen molar-refractivity contribution in [2.45, 2.75) is 71.8 Å². The van der Waals surface area contributed by atoms with Crippen molar-refractivity contribution in [3.8, 4) is 0 Å². The maximum Gasteiger partial charge on any atom is 0.338 e. The smallest absolute Gasteiger partial charge is 0.338 e.